The van der Waals surface area contributed by atoms with Crippen molar-refractivity contribution in [2.24, 2.45) is 0 Å². The fourth-order valence-electron chi connectivity index (χ4n) is 3.85. The predicted octanol–water partition coefficient (Wildman–Crippen LogP) is 4.69. The maximum absolute atomic E-state index is 13.2. The molecule has 0 aliphatic carbocycles. The minimum atomic E-state index is -0.440. The molecule has 1 amide bonds. The molecular formula is C23H20N2O3. The molecule has 4 rings (SSSR count). The second-order valence-corrected chi connectivity index (χ2v) is 7.11. The maximum Gasteiger partial charge on any atom is 0.273 e. The van der Waals surface area contributed by atoms with Crippen LogP contribution in [-0.2, 0) is 6.54 Å². The van der Waals surface area contributed by atoms with E-state index in [-0.39, 0.29) is 17.5 Å². The van der Waals surface area contributed by atoms with Gasteiger partial charge in [0.2, 0.25) is 0 Å². The Labute approximate surface area is 163 Å². The van der Waals surface area contributed by atoms with Gasteiger partial charge in [-0.25, -0.2) is 0 Å². The van der Waals surface area contributed by atoms with Gasteiger partial charge < -0.3 is 4.90 Å². The summed E-state index contributed by atoms with van der Waals surface area (Å²) in [5.41, 5.74) is 4.37. The van der Waals surface area contributed by atoms with Gasteiger partial charge >= 0.3 is 0 Å². The fraction of sp³-hybridized carbons (Fsp3) is 0.174. The summed E-state index contributed by atoms with van der Waals surface area (Å²) in [6.45, 7) is 2.72. The zero-order valence-electron chi connectivity index (χ0n) is 15.5. The molecule has 3 aromatic rings. The molecule has 140 valence electrons. The molecule has 1 heterocycles. The molecule has 5 nitrogen and oxygen atoms in total. The lowest BCUT2D eigenvalue weighted by atomic mass is 9.84. The summed E-state index contributed by atoms with van der Waals surface area (Å²) in [7, 11) is 0. The van der Waals surface area contributed by atoms with Crippen LogP contribution in [0.15, 0.2) is 72.8 Å². The van der Waals surface area contributed by atoms with Gasteiger partial charge in [0.05, 0.1) is 4.92 Å². The Balaban J connectivity index is 1.71. The quantitative estimate of drug-likeness (QED) is 0.495. The Morgan fingerprint density at radius 1 is 1.04 bits per heavy atom. The van der Waals surface area contributed by atoms with Crippen molar-refractivity contribution in [1.29, 1.82) is 0 Å². The van der Waals surface area contributed by atoms with Crippen LogP contribution in [0.3, 0.4) is 0 Å². The van der Waals surface area contributed by atoms with E-state index in [2.05, 4.69) is 18.2 Å². The van der Waals surface area contributed by atoms with Crippen molar-refractivity contribution < 1.29 is 9.72 Å². The van der Waals surface area contributed by atoms with Crippen LogP contribution in [-0.4, -0.2) is 22.3 Å². The first-order valence-corrected chi connectivity index (χ1v) is 9.21. The lowest BCUT2D eigenvalue weighted by Crippen LogP contribution is -2.38. The number of rotatable bonds is 3. The molecule has 0 saturated heterocycles. The lowest BCUT2D eigenvalue weighted by molar-refractivity contribution is -0.385. The highest BCUT2D eigenvalue weighted by Gasteiger charge is 2.30. The van der Waals surface area contributed by atoms with Crippen molar-refractivity contribution in [3.05, 3.63) is 111 Å². The molecule has 0 unspecified atom stereocenters. The van der Waals surface area contributed by atoms with Crippen molar-refractivity contribution in [3.8, 4) is 0 Å². The highest BCUT2D eigenvalue weighted by molar-refractivity contribution is 5.95. The van der Waals surface area contributed by atoms with Crippen LogP contribution in [0.5, 0.6) is 0 Å². The van der Waals surface area contributed by atoms with Gasteiger partial charge in [0.15, 0.2) is 0 Å². The van der Waals surface area contributed by atoms with E-state index in [0.717, 1.165) is 11.1 Å². The highest BCUT2D eigenvalue weighted by Crippen LogP contribution is 2.34. The van der Waals surface area contributed by atoms with Crippen LogP contribution in [0.4, 0.5) is 5.69 Å². The van der Waals surface area contributed by atoms with Gasteiger partial charge in [0, 0.05) is 36.2 Å². The first-order chi connectivity index (χ1) is 13.5. The van der Waals surface area contributed by atoms with E-state index in [1.165, 1.54) is 11.6 Å². The van der Waals surface area contributed by atoms with Crippen LogP contribution < -0.4 is 0 Å². The van der Waals surface area contributed by atoms with Gasteiger partial charge in [-0.2, -0.15) is 0 Å². The highest BCUT2D eigenvalue weighted by atomic mass is 16.6. The van der Waals surface area contributed by atoms with E-state index in [1.807, 2.05) is 36.4 Å². The van der Waals surface area contributed by atoms with E-state index in [4.69, 9.17) is 0 Å². The minimum Gasteiger partial charge on any atom is -0.333 e. The first-order valence-electron chi connectivity index (χ1n) is 9.21. The van der Waals surface area contributed by atoms with E-state index >= 15 is 0 Å². The molecule has 0 bridgehead atoms. The number of amides is 1. The first kappa shape index (κ1) is 17.9. The molecule has 3 aromatic carbocycles. The van der Waals surface area contributed by atoms with Gasteiger partial charge in [0.25, 0.3) is 11.6 Å². The van der Waals surface area contributed by atoms with Crippen molar-refractivity contribution in [1.82, 2.24) is 4.90 Å². The Morgan fingerprint density at radius 3 is 2.50 bits per heavy atom. The number of fused-ring (bicyclic) bond motifs is 1. The SMILES string of the molecule is Cc1ccc(C(=O)N2Cc3ccccc3[C@H](c3ccccc3)C2)cc1[N+](=O)[O-]. The summed E-state index contributed by atoms with van der Waals surface area (Å²) in [5.74, 6) is -0.103. The Kier molecular flexibility index (Phi) is 4.65. The third-order valence-corrected chi connectivity index (χ3v) is 5.34. The van der Waals surface area contributed by atoms with Crippen LogP contribution >= 0.6 is 0 Å². The average molecular weight is 372 g/mol. The molecule has 0 aromatic heterocycles. The van der Waals surface area contributed by atoms with Gasteiger partial charge in [-0.1, -0.05) is 60.7 Å². The summed E-state index contributed by atoms with van der Waals surface area (Å²) in [4.78, 5) is 25.8. The summed E-state index contributed by atoms with van der Waals surface area (Å²) >= 11 is 0. The average Bonchev–Trinajstić information content (AvgIpc) is 2.73. The summed E-state index contributed by atoms with van der Waals surface area (Å²) in [5, 5.41) is 11.3. The van der Waals surface area contributed by atoms with Crippen molar-refractivity contribution in [2.45, 2.75) is 19.4 Å². The van der Waals surface area contributed by atoms with E-state index in [9.17, 15) is 14.9 Å². The normalized spacial score (nSPS) is 15.8. The molecule has 5 heteroatoms. The monoisotopic (exact) mass is 372 g/mol. The molecular weight excluding hydrogens is 352 g/mol. The largest absolute Gasteiger partial charge is 0.333 e. The Morgan fingerprint density at radius 2 is 1.75 bits per heavy atom. The van der Waals surface area contributed by atoms with Gasteiger partial charge in [-0.3, -0.25) is 14.9 Å². The molecule has 0 N–H and O–H groups in total. The zero-order chi connectivity index (χ0) is 19.7. The van der Waals surface area contributed by atoms with Crippen molar-refractivity contribution >= 4 is 11.6 Å². The van der Waals surface area contributed by atoms with E-state index < -0.39 is 4.92 Å². The second kappa shape index (κ2) is 7.27. The molecule has 1 atom stereocenters. The third-order valence-electron chi connectivity index (χ3n) is 5.34. The Hall–Kier alpha value is -3.47. The molecule has 0 spiro atoms. The maximum atomic E-state index is 13.2. The standard InChI is InChI=1S/C23H20N2O3/c1-16-11-12-18(13-22(16)25(27)28)23(26)24-14-19-9-5-6-10-20(19)21(15-24)17-7-3-2-4-8-17/h2-13,21H,14-15H2,1H3/t21-/m0/s1. The Bertz CT molecular complexity index is 1050. The topological polar surface area (TPSA) is 63.5 Å². The smallest absolute Gasteiger partial charge is 0.273 e. The van der Waals surface area contributed by atoms with Crippen molar-refractivity contribution in [2.75, 3.05) is 6.54 Å². The number of nitro groups is 1. The van der Waals surface area contributed by atoms with Crippen LogP contribution in [0.25, 0.3) is 0 Å². The number of nitro benzene ring substituents is 1. The number of hydrogen-bond donors (Lipinski definition) is 0. The molecule has 0 fully saturated rings. The van der Waals surface area contributed by atoms with E-state index in [0.29, 0.717) is 24.2 Å². The number of benzene rings is 3. The van der Waals surface area contributed by atoms with Crippen LogP contribution in [0.1, 0.15) is 38.5 Å². The fourth-order valence-corrected chi connectivity index (χ4v) is 3.85. The van der Waals surface area contributed by atoms with E-state index in [1.54, 1.807) is 24.0 Å². The number of carbonyl (C=O) groups excluding carboxylic acids is 1. The zero-order valence-corrected chi connectivity index (χ0v) is 15.5. The summed E-state index contributed by atoms with van der Waals surface area (Å²) in [6, 6.07) is 23.0. The molecule has 1 aliphatic heterocycles. The van der Waals surface area contributed by atoms with Gasteiger partial charge in [-0.05, 0) is 29.7 Å². The summed E-state index contributed by atoms with van der Waals surface area (Å²) in [6.07, 6.45) is 0. The van der Waals surface area contributed by atoms with Crippen LogP contribution in [0, 0.1) is 17.0 Å². The predicted molar refractivity (Wildman–Crippen MR) is 107 cm³/mol. The van der Waals surface area contributed by atoms with Gasteiger partial charge in [0.1, 0.15) is 0 Å². The van der Waals surface area contributed by atoms with Crippen molar-refractivity contribution in [3.63, 3.8) is 0 Å². The minimum absolute atomic E-state index is 0.0251. The number of nitrogens with zero attached hydrogens (tertiary/aromatic N) is 2. The lowest BCUT2D eigenvalue weighted by Gasteiger charge is -2.35. The van der Waals surface area contributed by atoms with Crippen LogP contribution in [0.2, 0.25) is 0 Å². The molecule has 0 saturated carbocycles. The third kappa shape index (κ3) is 3.27. The summed E-state index contributed by atoms with van der Waals surface area (Å²) < 4.78 is 0. The second-order valence-electron chi connectivity index (χ2n) is 7.11. The molecule has 0 radical (unpaired) electrons. The number of hydrogen-bond acceptors (Lipinski definition) is 3. The number of carbonyl (C=O) groups is 1. The molecule has 28 heavy (non-hydrogen) atoms. The number of aryl methyl sites for hydroxylation is 1. The van der Waals surface area contributed by atoms with Gasteiger partial charge in [-0.15, -0.1) is 0 Å². The molecule has 1 aliphatic rings.